The third-order valence-corrected chi connectivity index (χ3v) is 7.40. The molecular formula is C22H26N4O3S. The van der Waals surface area contributed by atoms with Crippen LogP contribution in [0, 0.1) is 0 Å². The number of H-pyrrole nitrogens is 1. The summed E-state index contributed by atoms with van der Waals surface area (Å²) >= 11 is 0. The van der Waals surface area contributed by atoms with Gasteiger partial charge in [0.1, 0.15) is 0 Å². The molecule has 1 aromatic heterocycles. The highest BCUT2D eigenvalue weighted by Crippen LogP contribution is 2.21. The van der Waals surface area contributed by atoms with E-state index in [2.05, 4.69) is 15.5 Å². The van der Waals surface area contributed by atoms with Crippen molar-refractivity contribution in [3.05, 3.63) is 54.2 Å². The van der Waals surface area contributed by atoms with Crippen molar-refractivity contribution in [1.82, 2.24) is 14.5 Å². The predicted octanol–water partition coefficient (Wildman–Crippen LogP) is 3.70. The largest absolute Gasteiger partial charge is 0.326 e. The van der Waals surface area contributed by atoms with E-state index >= 15 is 0 Å². The molecule has 158 valence electrons. The Morgan fingerprint density at radius 2 is 1.77 bits per heavy atom. The quantitative estimate of drug-likeness (QED) is 0.628. The number of nitrogens with zero attached hydrogens (tertiary/aromatic N) is 2. The van der Waals surface area contributed by atoms with Gasteiger partial charge in [0, 0.05) is 30.6 Å². The molecule has 0 radical (unpaired) electrons. The SMILES string of the molecule is O=C(CCc1ccc(S(=O)(=O)N2CCCCCC2)cc1)Nc1ccc2[nH]ncc2c1. The third-order valence-electron chi connectivity index (χ3n) is 5.49. The normalized spacial score (nSPS) is 15.7. The van der Waals surface area contributed by atoms with E-state index in [4.69, 9.17) is 0 Å². The first kappa shape index (κ1) is 20.6. The van der Waals surface area contributed by atoms with Crippen LogP contribution in [0.25, 0.3) is 10.9 Å². The summed E-state index contributed by atoms with van der Waals surface area (Å²) in [6.45, 7) is 1.18. The van der Waals surface area contributed by atoms with E-state index in [9.17, 15) is 13.2 Å². The van der Waals surface area contributed by atoms with Crippen LogP contribution < -0.4 is 5.32 Å². The van der Waals surface area contributed by atoms with Crippen LogP contribution in [0.3, 0.4) is 0 Å². The number of hydrogen-bond donors (Lipinski definition) is 2. The molecule has 7 nitrogen and oxygen atoms in total. The average Bonchev–Trinajstić information content (AvgIpc) is 3.03. The zero-order valence-electron chi connectivity index (χ0n) is 16.8. The van der Waals surface area contributed by atoms with Crippen LogP contribution >= 0.6 is 0 Å². The van der Waals surface area contributed by atoms with Gasteiger partial charge in [-0.2, -0.15) is 9.40 Å². The lowest BCUT2D eigenvalue weighted by atomic mass is 10.1. The summed E-state index contributed by atoms with van der Waals surface area (Å²) in [5.74, 6) is -0.0842. The smallest absolute Gasteiger partial charge is 0.243 e. The summed E-state index contributed by atoms with van der Waals surface area (Å²) in [4.78, 5) is 12.6. The Bertz CT molecular complexity index is 1110. The van der Waals surface area contributed by atoms with Crippen molar-refractivity contribution < 1.29 is 13.2 Å². The van der Waals surface area contributed by atoms with Crippen LogP contribution in [0.4, 0.5) is 5.69 Å². The first-order valence-electron chi connectivity index (χ1n) is 10.3. The van der Waals surface area contributed by atoms with E-state index in [1.807, 2.05) is 18.2 Å². The lowest BCUT2D eigenvalue weighted by Gasteiger charge is -2.20. The van der Waals surface area contributed by atoms with Gasteiger partial charge in [-0.05, 0) is 55.2 Å². The fourth-order valence-corrected chi connectivity index (χ4v) is 5.28. The maximum absolute atomic E-state index is 12.8. The Morgan fingerprint density at radius 3 is 2.50 bits per heavy atom. The molecule has 0 atom stereocenters. The van der Waals surface area contributed by atoms with Crippen LogP contribution in [0.2, 0.25) is 0 Å². The highest BCUT2D eigenvalue weighted by Gasteiger charge is 2.24. The van der Waals surface area contributed by atoms with E-state index in [-0.39, 0.29) is 5.91 Å². The lowest BCUT2D eigenvalue weighted by molar-refractivity contribution is -0.116. The Balaban J connectivity index is 1.34. The number of anilines is 1. The molecule has 1 aliphatic heterocycles. The van der Waals surface area contributed by atoms with Gasteiger partial charge in [0.15, 0.2) is 0 Å². The van der Waals surface area contributed by atoms with Crippen LogP contribution in [-0.4, -0.2) is 41.9 Å². The van der Waals surface area contributed by atoms with Crippen molar-refractivity contribution in [1.29, 1.82) is 0 Å². The number of benzene rings is 2. The lowest BCUT2D eigenvalue weighted by Crippen LogP contribution is -2.31. The summed E-state index contributed by atoms with van der Waals surface area (Å²) in [5.41, 5.74) is 2.58. The number of nitrogens with one attached hydrogen (secondary N) is 2. The Hall–Kier alpha value is -2.71. The fourth-order valence-electron chi connectivity index (χ4n) is 3.76. The number of aryl methyl sites for hydroxylation is 1. The Labute approximate surface area is 176 Å². The molecule has 3 aromatic rings. The Morgan fingerprint density at radius 1 is 1.03 bits per heavy atom. The minimum absolute atomic E-state index is 0.0842. The van der Waals surface area contributed by atoms with Crippen molar-refractivity contribution in [2.45, 2.75) is 43.4 Å². The van der Waals surface area contributed by atoms with Crippen molar-refractivity contribution >= 4 is 32.5 Å². The topological polar surface area (TPSA) is 95.2 Å². The Kier molecular flexibility index (Phi) is 6.15. The molecule has 1 amide bonds. The van der Waals surface area contributed by atoms with Gasteiger partial charge in [0.2, 0.25) is 15.9 Å². The van der Waals surface area contributed by atoms with Gasteiger partial charge in [-0.15, -0.1) is 0 Å². The molecule has 30 heavy (non-hydrogen) atoms. The van der Waals surface area contributed by atoms with E-state index in [1.165, 1.54) is 0 Å². The summed E-state index contributed by atoms with van der Waals surface area (Å²) in [6, 6.07) is 12.5. The summed E-state index contributed by atoms with van der Waals surface area (Å²) in [7, 11) is -3.44. The molecule has 1 aliphatic rings. The molecular weight excluding hydrogens is 400 g/mol. The average molecular weight is 427 g/mol. The summed E-state index contributed by atoms with van der Waals surface area (Å²) in [6.07, 6.45) is 6.59. The molecule has 0 unspecified atom stereocenters. The molecule has 0 spiro atoms. The van der Waals surface area contributed by atoms with Crippen LogP contribution in [0.15, 0.2) is 53.6 Å². The number of carbonyl (C=O) groups excluding carboxylic acids is 1. The van der Waals surface area contributed by atoms with Crippen molar-refractivity contribution in [2.75, 3.05) is 18.4 Å². The summed E-state index contributed by atoms with van der Waals surface area (Å²) < 4.78 is 27.3. The molecule has 8 heteroatoms. The predicted molar refractivity (Wildman–Crippen MR) is 117 cm³/mol. The number of rotatable bonds is 6. The highest BCUT2D eigenvalue weighted by molar-refractivity contribution is 7.89. The second-order valence-corrected chi connectivity index (χ2v) is 9.62. The first-order chi connectivity index (χ1) is 14.5. The number of aromatic nitrogens is 2. The maximum atomic E-state index is 12.8. The second kappa shape index (κ2) is 8.97. The van der Waals surface area contributed by atoms with E-state index < -0.39 is 10.0 Å². The number of amides is 1. The maximum Gasteiger partial charge on any atom is 0.243 e. The van der Waals surface area contributed by atoms with Crippen molar-refractivity contribution in [3.8, 4) is 0 Å². The molecule has 2 heterocycles. The highest BCUT2D eigenvalue weighted by atomic mass is 32.2. The molecule has 0 saturated carbocycles. The van der Waals surface area contributed by atoms with Gasteiger partial charge >= 0.3 is 0 Å². The van der Waals surface area contributed by atoms with E-state index in [1.54, 1.807) is 34.8 Å². The van der Waals surface area contributed by atoms with Crippen LogP contribution in [0.5, 0.6) is 0 Å². The standard InChI is InChI=1S/C22H26N4O3S/c27-22(24-19-8-11-21-18(15-19)16-23-25-21)12-7-17-5-9-20(10-6-17)30(28,29)26-13-3-1-2-4-14-26/h5-6,8-11,15-16H,1-4,7,12-14H2,(H,23,25)(H,24,27). The van der Waals surface area contributed by atoms with E-state index in [0.717, 1.165) is 47.8 Å². The van der Waals surface area contributed by atoms with Crippen molar-refractivity contribution in [2.24, 2.45) is 0 Å². The molecule has 0 aliphatic carbocycles. The zero-order valence-corrected chi connectivity index (χ0v) is 17.6. The third kappa shape index (κ3) is 4.71. The minimum Gasteiger partial charge on any atom is -0.326 e. The number of sulfonamides is 1. The van der Waals surface area contributed by atoms with Crippen LogP contribution in [0.1, 0.15) is 37.7 Å². The van der Waals surface area contributed by atoms with Gasteiger partial charge in [0.25, 0.3) is 0 Å². The van der Waals surface area contributed by atoms with Gasteiger partial charge < -0.3 is 5.32 Å². The molecule has 2 aromatic carbocycles. The molecule has 1 saturated heterocycles. The molecule has 1 fully saturated rings. The van der Waals surface area contributed by atoms with Gasteiger partial charge in [-0.25, -0.2) is 8.42 Å². The van der Waals surface area contributed by atoms with Crippen LogP contribution in [-0.2, 0) is 21.2 Å². The molecule has 0 bridgehead atoms. The second-order valence-electron chi connectivity index (χ2n) is 7.68. The number of carbonyl (C=O) groups is 1. The minimum atomic E-state index is -3.44. The van der Waals surface area contributed by atoms with E-state index in [0.29, 0.717) is 30.8 Å². The van der Waals surface area contributed by atoms with Crippen molar-refractivity contribution in [3.63, 3.8) is 0 Å². The van der Waals surface area contributed by atoms with Gasteiger partial charge in [-0.3, -0.25) is 9.89 Å². The zero-order chi connectivity index (χ0) is 21.0. The van der Waals surface area contributed by atoms with Gasteiger partial charge in [0.05, 0.1) is 16.6 Å². The number of hydrogen-bond acceptors (Lipinski definition) is 4. The fraction of sp³-hybridized carbons (Fsp3) is 0.364. The monoisotopic (exact) mass is 426 g/mol. The molecule has 4 rings (SSSR count). The van der Waals surface area contributed by atoms with Gasteiger partial charge in [-0.1, -0.05) is 25.0 Å². The summed E-state index contributed by atoms with van der Waals surface area (Å²) in [5, 5.41) is 10.7. The number of fused-ring (bicyclic) bond motifs is 1. The first-order valence-corrected chi connectivity index (χ1v) is 11.8. The molecule has 2 N–H and O–H groups in total. The number of aromatic amines is 1.